The molecule has 1 aromatic heterocycles. The molecule has 0 amide bonds. The molecule has 2 aliphatic rings. The normalized spacial score (nSPS) is 28.7. The lowest BCUT2D eigenvalue weighted by molar-refractivity contribution is 0.0538. The maximum Gasteiger partial charge on any atom is 0.333 e. The quantitative estimate of drug-likeness (QED) is 0.890. The molecule has 4 atom stereocenters. The maximum absolute atomic E-state index is 12.9. The van der Waals surface area contributed by atoms with Gasteiger partial charge in [-0.05, 0) is 57.8 Å². The predicted octanol–water partition coefficient (Wildman–Crippen LogP) is 3.00. The number of rotatable bonds is 5. The van der Waals surface area contributed by atoms with Gasteiger partial charge in [-0.2, -0.15) is 13.9 Å². The highest BCUT2D eigenvalue weighted by Crippen LogP contribution is 2.49. The number of fused-ring (bicyclic) bond motifs is 2. The van der Waals surface area contributed by atoms with Crippen molar-refractivity contribution >= 4 is 10.0 Å². The van der Waals surface area contributed by atoms with E-state index in [1.54, 1.807) is 0 Å². The molecule has 5 nitrogen and oxygen atoms in total. The topological polar surface area (TPSA) is 64.0 Å². The fourth-order valence-corrected chi connectivity index (χ4v) is 6.22. The van der Waals surface area contributed by atoms with E-state index >= 15 is 0 Å². The summed E-state index contributed by atoms with van der Waals surface area (Å²) in [4.78, 5) is -0.118. The van der Waals surface area contributed by atoms with E-state index in [-0.39, 0.29) is 22.3 Å². The van der Waals surface area contributed by atoms with E-state index in [4.69, 9.17) is 0 Å². The Balaban J connectivity index is 1.82. The molecule has 0 aromatic carbocycles. The summed E-state index contributed by atoms with van der Waals surface area (Å²) < 4.78 is 54.3. The van der Waals surface area contributed by atoms with Crippen LogP contribution in [0.2, 0.25) is 0 Å². The minimum atomic E-state index is -3.85. The predicted molar refractivity (Wildman–Crippen MR) is 81.7 cm³/mol. The summed E-state index contributed by atoms with van der Waals surface area (Å²) in [6, 6.07) is -0.191. The second-order valence-corrected chi connectivity index (χ2v) is 8.62. The molecule has 8 heteroatoms. The zero-order valence-electron chi connectivity index (χ0n) is 13.6. The summed E-state index contributed by atoms with van der Waals surface area (Å²) in [7, 11) is -3.85. The lowest BCUT2D eigenvalue weighted by Crippen LogP contribution is -2.40. The van der Waals surface area contributed by atoms with Gasteiger partial charge in [-0.1, -0.05) is 6.42 Å². The Labute approximate surface area is 135 Å². The third kappa shape index (κ3) is 2.91. The molecule has 3 rings (SSSR count). The Morgan fingerprint density at radius 2 is 1.96 bits per heavy atom. The number of aromatic nitrogens is 2. The van der Waals surface area contributed by atoms with Crippen molar-refractivity contribution in [2.24, 2.45) is 17.8 Å². The summed E-state index contributed by atoms with van der Waals surface area (Å²) in [5.74, 6) is 1.65. The van der Waals surface area contributed by atoms with Gasteiger partial charge in [0.1, 0.15) is 4.90 Å². The maximum atomic E-state index is 12.9. The van der Waals surface area contributed by atoms with Crippen LogP contribution in [0.25, 0.3) is 0 Å². The van der Waals surface area contributed by atoms with Crippen LogP contribution in [0.15, 0.2) is 4.90 Å². The molecule has 0 spiro atoms. The third-order valence-electron chi connectivity index (χ3n) is 5.49. The van der Waals surface area contributed by atoms with Crippen LogP contribution in [0.3, 0.4) is 0 Å². The Bertz CT molecular complexity index is 702. The first-order chi connectivity index (χ1) is 10.7. The standard InChI is InChI=1S/C15H23F2N3O2S/c1-8(13-7-11-4-5-12(13)6-11)19-23(21,22)14-9(2)18-20(10(14)3)15(16)17/h8,11-13,15,19H,4-7H2,1-3H3/t8-,11+,12+,13+/m1/s1. The zero-order valence-corrected chi connectivity index (χ0v) is 14.4. The summed E-state index contributed by atoms with van der Waals surface area (Å²) in [6.07, 6.45) is 4.67. The molecule has 1 N–H and O–H groups in total. The average Bonchev–Trinajstić information content (AvgIpc) is 3.12. The van der Waals surface area contributed by atoms with Crippen LogP contribution in [-0.4, -0.2) is 24.2 Å². The van der Waals surface area contributed by atoms with E-state index in [0.717, 1.165) is 12.3 Å². The Hall–Kier alpha value is -1.02. The fourth-order valence-electron chi connectivity index (χ4n) is 4.52. The molecule has 2 bridgehead atoms. The molecule has 0 aliphatic heterocycles. The number of hydrogen-bond donors (Lipinski definition) is 1. The smallest absolute Gasteiger partial charge is 0.208 e. The Kier molecular flexibility index (Phi) is 4.25. The molecule has 130 valence electrons. The molecule has 23 heavy (non-hydrogen) atoms. The van der Waals surface area contributed by atoms with Crippen LogP contribution in [0.5, 0.6) is 0 Å². The largest absolute Gasteiger partial charge is 0.333 e. The van der Waals surface area contributed by atoms with Crippen molar-refractivity contribution in [3.8, 4) is 0 Å². The third-order valence-corrected chi connectivity index (χ3v) is 7.30. The molecular formula is C15H23F2N3O2S. The molecular weight excluding hydrogens is 324 g/mol. The summed E-state index contributed by atoms with van der Waals surface area (Å²) in [5, 5.41) is 3.67. The van der Waals surface area contributed by atoms with E-state index in [0.29, 0.717) is 16.5 Å². The summed E-state index contributed by atoms with van der Waals surface area (Å²) in [6.45, 7) is 1.84. The van der Waals surface area contributed by atoms with Gasteiger partial charge in [0, 0.05) is 6.04 Å². The second-order valence-electron chi connectivity index (χ2n) is 6.97. The van der Waals surface area contributed by atoms with E-state index in [9.17, 15) is 17.2 Å². The van der Waals surface area contributed by atoms with E-state index in [1.165, 1.54) is 33.1 Å². The van der Waals surface area contributed by atoms with Gasteiger partial charge in [-0.3, -0.25) is 0 Å². The zero-order chi connectivity index (χ0) is 16.9. The molecule has 0 unspecified atom stereocenters. The first-order valence-electron chi connectivity index (χ1n) is 8.07. The van der Waals surface area contributed by atoms with Gasteiger partial charge >= 0.3 is 6.55 Å². The van der Waals surface area contributed by atoms with Crippen LogP contribution >= 0.6 is 0 Å². The van der Waals surface area contributed by atoms with Crippen LogP contribution < -0.4 is 4.72 Å². The van der Waals surface area contributed by atoms with Crippen molar-refractivity contribution in [3.63, 3.8) is 0 Å². The first-order valence-corrected chi connectivity index (χ1v) is 9.55. The van der Waals surface area contributed by atoms with Gasteiger partial charge < -0.3 is 0 Å². The highest BCUT2D eigenvalue weighted by Gasteiger charge is 2.43. The monoisotopic (exact) mass is 347 g/mol. The highest BCUT2D eigenvalue weighted by atomic mass is 32.2. The van der Waals surface area contributed by atoms with E-state index in [2.05, 4.69) is 9.82 Å². The Morgan fingerprint density at radius 1 is 1.26 bits per heavy atom. The average molecular weight is 347 g/mol. The number of aryl methyl sites for hydroxylation is 1. The number of hydrogen-bond acceptors (Lipinski definition) is 3. The SMILES string of the molecule is Cc1nn(C(F)F)c(C)c1S(=O)(=O)N[C@H](C)[C@@H]1C[C@H]2CC[C@H]1C2. The highest BCUT2D eigenvalue weighted by molar-refractivity contribution is 7.89. The molecule has 0 radical (unpaired) electrons. The minimum absolute atomic E-state index is 0.0230. The second kappa shape index (κ2) is 5.81. The lowest BCUT2D eigenvalue weighted by atomic mass is 9.84. The van der Waals surface area contributed by atoms with Gasteiger partial charge in [0.05, 0.1) is 11.4 Å². The molecule has 2 fully saturated rings. The van der Waals surface area contributed by atoms with E-state index < -0.39 is 16.6 Å². The van der Waals surface area contributed by atoms with Crippen molar-refractivity contribution in [1.29, 1.82) is 0 Å². The van der Waals surface area contributed by atoms with Gasteiger partial charge in [-0.25, -0.2) is 17.8 Å². The molecule has 2 saturated carbocycles. The number of sulfonamides is 1. The van der Waals surface area contributed by atoms with Crippen LogP contribution in [-0.2, 0) is 10.0 Å². The van der Waals surface area contributed by atoms with Crippen LogP contribution in [0, 0.1) is 31.6 Å². The van der Waals surface area contributed by atoms with Gasteiger partial charge in [0.25, 0.3) is 0 Å². The van der Waals surface area contributed by atoms with Crippen molar-refractivity contribution in [1.82, 2.24) is 14.5 Å². The Morgan fingerprint density at radius 3 is 2.43 bits per heavy atom. The molecule has 1 aromatic rings. The fraction of sp³-hybridized carbons (Fsp3) is 0.800. The summed E-state index contributed by atoms with van der Waals surface area (Å²) in [5.41, 5.74) is 0.0839. The minimum Gasteiger partial charge on any atom is -0.208 e. The van der Waals surface area contributed by atoms with Crippen molar-refractivity contribution in [2.45, 2.75) is 63.9 Å². The van der Waals surface area contributed by atoms with Gasteiger partial charge in [0.15, 0.2) is 0 Å². The van der Waals surface area contributed by atoms with Gasteiger partial charge in [0.2, 0.25) is 10.0 Å². The van der Waals surface area contributed by atoms with Crippen LogP contribution in [0.1, 0.15) is 50.5 Å². The first kappa shape index (κ1) is 16.8. The number of alkyl halides is 2. The van der Waals surface area contributed by atoms with Crippen molar-refractivity contribution in [3.05, 3.63) is 11.4 Å². The number of halogens is 2. The van der Waals surface area contributed by atoms with Crippen molar-refractivity contribution in [2.75, 3.05) is 0 Å². The molecule has 2 aliphatic carbocycles. The molecule has 0 saturated heterocycles. The number of nitrogens with zero attached hydrogens (tertiary/aromatic N) is 2. The van der Waals surface area contributed by atoms with Gasteiger partial charge in [-0.15, -0.1) is 0 Å². The summed E-state index contributed by atoms with van der Waals surface area (Å²) >= 11 is 0. The molecule has 1 heterocycles. The van der Waals surface area contributed by atoms with E-state index in [1.807, 2.05) is 6.92 Å². The lowest BCUT2D eigenvalue weighted by Gasteiger charge is -2.28. The number of nitrogens with one attached hydrogen (secondary N) is 1. The van der Waals surface area contributed by atoms with Crippen LogP contribution in [0.4, 0.5) is 8.78 Å². The van der Waals surface area contributed by atoms with Crippen molar-refractivity contribution < 1.29 is 17.2 Å².